The Morgan fingerprint density at radius 3 is 1.85 bits per heavy atom. The van der Waals surface area contributed by atoms with Gasteiger partial charge in [0.05, 0.1) is 13.2 Å². The van der Waals surface area contributed by atoms with Crippen LogP contribution in [-0.4, -0.2) is 121 Å². The molecular formula is C22H40O12. The van der Waals surface area contributed by atoms with Crippen LogP contribution in [-0.2, 0) is 19.0 Å². The molecule has 0 saturated carbocycles. The highest BCUT2D eigenvalue weighted by Gasteiger charge is 2.65. The molecule has 2 fully saturated rings. The Balaban J connectivity index is 2.28. The lowest BCUT2D eigenvalue weighted by Crippen LogP contribution is -2.72. The summed E-state index contributed by atoms with van der Waals surface area (Å²) >= 11 is 0. The number of rotatable bonds is 14. The number of ether oxygens (including phenoxy) is 3. The van der Waals surface area contributed by atoms with Crippen molar-refractivity contribution in [3.8, 4) is 0 Å². The van der Waals surface area contributed by atoms with Crippen molar-refractivity contribution in [3.05, 3.63) is 0 Å². The van der Waals surface area contributed by atoms with E-state index in [-0.39, 0.29) is 6.42 Å². The molecule has 200 valence electrons. The minimum Gasteiger partial charge on any atom is -0.394 e. The van der Waals surface area contributed by atoms with Crippen LogP contribution in [0.4, 0.5) is 0 Å². The quantitative estimate of drug-likeness (QED) is 0.119. The van der Waals surface area contributed by atoms with Crippen molar-refractivity contribution in [1.82, 2.24) is 0 Å². The predicted octanol–water partition coefficient (Wildman–Crippen LogP) is -2.32. The summed E-state index contributed by atoms with van der Waals surface area (Å²) in [5.41, 5.74) is 0. The van der Waals surface area contributed by atoms with Crippen molar-refractivity contribution < 1.29 is 59.9 Å². The molecule has 12 nitrogen and oxygen atoms in total. The summed E-state index contributed by atoms with van der Waals surface area (Å²) in [6, 6.07) is 0. The second-order valence-electron chi connectivity index (χ2n) is 9.07. The van der Waals surface area contributed by atoms with E-state index < -0.39 is 79.9 Å². The van der Waals surface area contributed by atoms with Gasteiger partial charge in [-0.05, 0) is 6.42 Å². The van der Waals surface area contributed by atoms with Gasteiger partial charge in [0.15, 0.2) is 5.78 Å². The predicted molar refractivity (Wildman–Crippen MR) is 115 cm³/mol. The Bertz CT molecular complexity index is 633. The number of carbonyl (C=O) groups excluding carboxylic acids is 1. The molecule has 2 rings (SSSR count). The first-order valence-corrected chi connectivity index (χ1v) is 12.0. The van der Waals surface area contributed by atoms with Gasteiger partial charge in [0, 0.05) is 6.42 Å². The summed E-state index contributed by atoms with van der Waals surface area (Å²) in [4.78, 5) is 13.3. The van der Waals surface area contributed by atoms with Crippen molar-refractivity contribution in [2.75, 3.05) is 19.8 Å². The molecule has 0 aromatic rings. The number of carbonyl (C=O) groups is 1. The lowest BCUT2D eigenvalue weighted by molar-refractivity contribution is -0.416. The molecule has 0 radical (unpaired) electrons. The zero-order chi connectivity index (χ0) is 25.5. The van der Waals surface area contributed by atoms with Crippen LogP contribution in [0.15, 0.2) is 0 Å². The normalized spacial score (nSPS) is 40.6. The highest BCUT2D eigenvalue weighted by molar-refractivity contribution is 5.87. The monoisotopic (exact) mass is 496 g/mol. The van der Waals surface area contributed by atoms with E-state index in [1.807, 2.05) is 0 Å². The van der Waals surface area contributed by atoms with Crippen molar-refractivity contribution in [2.24, 2.45) is 0 Å². The third-order valence-electron chi connectivity index (χ3n) is 6.58. The minimum atomic E-state index is -2.75. The Morgan fingerprint density at radius 2 is 1.32 bits per heavy atom. The highest BCUT2D eigenvalue weighted by atomic mass is 16.8. The van der Waals surface area contributed by atoms with Crippen LogP contribution in [0.2, 0.25) is 0 Å². The zero-order valence-corrected chi connectivity index (χ0v) is 19.5. The number of ketones is 1. The first-order chi connectivity index (χ1) is 16.1. The topological polar surface area (TPSA) is 207 Å². The van der Waals surface area contributed by atoms with Crippen molar-refractivity contribution in [1.29, 1.82) is 0 Å². The van der Waals surface area contributed by atoms with E-state index in [0.29, 0.717) is 12.8 Å². The molecule has 1 unspecified atom stereocenters. The van der Waals surface area contributed by atoms with Crippen molar-refractivity contribution >= 4 is 5.78 Å². The summed E-state index contributed by atoms with van der Waals surface area (Å²) < 4.78 is 16.5. The average Bonchev–Trinajstić information content (AvgIpc) is 3.08. The van der Waals surface area contributed by atoms with Crippen LogP contribution in [0.3, 0.4) is 0 Å². The Labute approximate surface area is 198 Å². The largest absolute Gasteiger partial charge is 0.394 e. The summed E-state index contributed by atoms with van der Waals surface area (Å²) in [6.45, 7) is -0.623. The fraction of sp³-hybridized carbons (Fsp3) is 0.955. The second kappa shape index (κ2) is 13.0. The molecule has 0 amide bonds. The summed E-state index contributed by atoms with van der Waals surface area (Å²) in [5.74, 6) is -6.13. The van der Waals surface area contributed by atoms with Gasteiger partial charge in [0.1, 0.15) is 49.3 Å². The van der Waals surface area contributed by atoms with Crippen LogP contribution < -0.4 is 0 Å². The van der Waals surface area contributed by atoms with E-state index >= 15 is 0 Å². The van der Waals surface area contributed by atoms with Gasteiger partial charge >= 0.3 is 0 Å². The molecule has 0 aromatic carbocycles. The summed E-state index contributed by atoms with van der Waals surface area (Å²) in [7, 11) is 0. The molecule has 0 aliphatic carbocycles. The smallest absolute Gasteiger partial charge is 0.261 e. The zero-order valence-electron chi connectivity index (χ0n) is 19.5. The standard InChI is InChI=1S/C22H40O12/c1-2-3-4-5-6-7-8-9-15(26)22(20(31)18(29)16(27)13(10-23)33-22)34-21(12-25)19(30)17(28)14(11-24)32-21/h13-14,16-20,23-25,27-31H,2-12H2,1H3/t13-,14-,16-,17-,18+,19+,20-,21?,22+/m1/s1. The van der Waals surface area contributed by atoms with Gasteiger partial charge in [-0.3, -0.25) is 4.79 Å². The summed E-state index contributed by atoms with van der Waals surface area (Å²) in [6.07, 6.45) is -6.52. The first kappa shape index (κ1) is 29.5. The van der Waals surface area contributed by atoms with Crippen molar-refractivity contribution in [3.63, 3.8) is 0 Å². The number of Topliss-reactive ketones (excluding diaryl/α,β-unsaturated/α-hetero) is 1. The van der Waals surface area contributed by atoms with Crippen LogP contribution in [0.1, 0.15) is 58.3 Å². The molecule has 8 N–H and O–H groups in total. The van der Waals surface area contributed by atoms with E-state index in [9.17, 15) is 45.6 Å². The Kier molecular flexibility index (Phi) is 11.2. The van der Waals surface area contributed by atoms with Crippen LogP contribution in [0, 0.1) is 0 Å². The number of unbranched alkanes of at least 4 members (excludes halogenated alkanes) is 6. The number of aliphatic hydroxyl groups is 8. The second-order valence-corrected chi connectivity index (χ2v) is 9.07. The van der Waals surface area contributed by atoms with Gasteiger partial charge in [0.25, 0.3) is 5.79 Å². The third-order valence-corrected chi connectivity index (χ3v) is 6.58. The molecule has 0 bridgehead atoms. The lowest BCUT2D eigenvalue weighted by atomic mass is 9.87. The van der Waals surface area contributed by atoms with Crippen molar-refractivity contribution in [2.45, 2.75) is 113 Å². The number of aliphatic hydroxyl groups excluding tert-OH is 8. The van der Waals surface area contributed by atoms with Crippen LogP contribution in [0.25, 0.3) is 0 Å². The molecule has 9 atom stereocenters. The average molecular weight is 497 g/mol. The van der Waals surface area contributed by atoms with E-state index in [4.69, 9.17) is 14.2 Å². The molecule has 2 aliphatic rings. The maximum Gasteiger partial charge on any atom is 0.261 e. The van der Waals surface area contributed by atoms with E-state index in [2.05, 4.69) is 6.92 Å². The maximum atomic E-state index is 13.3. The number of hydrogen-bond acceptors (Lipinski definition) is 12. The fourth-order valence-electron chi connectivity index (χ4n) is 4.44. The first-order valence-electron chi connectivity index (χ1n) is 12.0. The van der Waals surface area contributed by atoms with Gasteiger partial charge in [-0.1, -0.05) is 45.4 Å². The van der Waals surface area contributed by atoms with Crippen LogP contribution >= 0.6 is 0 Å². The van der Waals surface area contributed by atoms with Crippen LogP contribution in [0.5, 0.6) is 0 Å². The Morgan fingerprint density at radius 1 is 0.765 bits per heavy atom. The third kappa shape index (κ3) is 5.95. The highest BCUT2D eigenvalue weighted by Crippen LogP contribution is 2.42. The fourth-order valence-corrected chi connectivity index (χ4v) is 4.44. The molecule has 2 heterocycles. The molecule has 34 heavy (non-hydrogen) atoms. The molecular weight excluding hydrogens is 456 g/mol. The van der Waals surface area contributed by atoms with E-state index in [1.165, 1.54) is 0 Å². The van der Waals surface area contributed by atoms with E-state index in [1.54, 1.807) is 0 Å². The van der Waals surface area contributed by atoms with Gasteiger partial charge in [-0.2, -0.15) is 0 Å². The number of hydrogen-bond donors (Lipinski definition) is 8. The molecule has 2 aliphatic heterocycles. The summed E-state index contributed by atoms with van der Waals surface area (Å²) in [5, 5.41) is 81.0. The molecule has 2 saturated heterocycles. The molecule has 12 heteroatoms. The SMILES string of the molecule is CCCCCCCCCC(=O)[C@@]1(OC2(CO)O[C@H](CO)[C@@H](O)[C@@H]2O)O[C@H](CO)[C@@H](O)[C@H](O)[C@H]1O. The maximum absolute atomic E-state index is 13.3. The van der Waals surface area contributed by atoms with Gasteiger partial charge in [0.2, 0.25) is 5.79 Å². The molecule has 0 spiro atoms. The van der Waals surface area contributed by atoms with Gasteiger partial charge in [-0.25, -0.2) is 0 Å². The van der Waals surface area contributed by atoms with Gasteiger partial charge in [-0.15, -0.1) is 0 Å². The molecule has 0 aromatic heterocycles. The Hall–Kier alpha value is -0.770. The lowest BCUT2D eigenvalue weighted by Gasteiger charge is -2.50. The minimum absolute atomic E-state index is 0.185. The van der Waals surface area contributed by atoms with Gasteiger partial charge < -0.3 is 55.1 Å². The van der Waals surface area contributed by atoms with E-state index in [0.717, 1.165) is 32.1 Å².